The van der Waals surface area contributed by atoms with Crippen LogP contribution in [0.15, 0.2) is 41.5 Å². The molecule has 5 N–H and O–H groups in total. The second-order valence-electron chi connectivity index (χ2n) is 6.27. The van der Waals surface area contributed by atoms with Crippen LogP contribution >= 0.6 is 0 Å². The molecule has 7 nitrogen and oxygen atoms in total. The first-order valence-corrected chi connectivity index (χ1v) is 8.36. The van der Waals surface area contributed by atoms with Gasteiger partial charge in [-0.3, -0.25) is 0 Å². The van der Waals surface area contributed by atoms with Crippen LogP contribution in [-0.2, 0) is 6.42 Å². The lowest BCUT2D eigenvalue weighted by Gasteiger charge is -2.22. The van der Waals surface area contributed by atoms with E-state index in [-0.39, 0.29) is 12.1 Å². The number of carbonyl (C=O) groups excluding carboxylic acids is 1. The molecule has 136 valence electrons. The highest BCUT2D eigenvalue weighted by Gasteiger charge is 2.27. The summed E-state index contributed by atoms with van der Waals surface area (Å²) in [6.45, 7) is 1.96. The number of nitrogens with two attached hydrogens (primary N) is 2. The van der Waals surface area contributed by atoms with Gasteiger partial charge in [0.2, 0.25) is 0 Å². The number of nitrogens with zero attached hydrogens (tertiary/aromatic N) is 2. The average Bonchev–Trinajstić information content (AvgIpc) is 2.77. The third-order valence-electron chi connectivity index (χ3n) is 4.46. The molecule has 0 aromatic heterocycles. The van der Waals surface area contributed by atoms with Crippen LogP contribution < -0.4 is 21.5 Å². The number of amides is 2. The normalized spacial score (nSPS) is 16.3. The summed E-state index contributed by atoms with van der Waals surface area (Å²) >= 11 is 0. The zero-order valence-electron chi connectivity index (χ0n) is 15.1. The number of fused-ring (bicyclic) bond motifs is 1. The number of urea groups is 1. The number of hydrogen-bond acceptors (Lipinski definition) is 5. The highest BCUT2D eigenvalue weighted by Crippen LogP contribution is 2.31. The number of hydrazone groups is 1. The number of hydrogen-bond donors (Lipinski definition) is 3. The maximum atomic E-state index is 12.3. The molecule has 1 unspecified atom stereocenters. The van der Waals surface area contributed by atoms with E-state index in [0.29, 0.717) is 29.3 Å². The standard InChI is InChI=1S/C19H23N5O2/c1-11-8-13-9-17(26-3)16(21)10-15(13)18(23-24(11)19(25)22-2)12-4-6-14(20)7-5-12/h4-7,9-11H,8,20-21H2,1-3H3,(H,22,25). The van der Waals surface area contributed by atoms with Gasteiger partial charge in [0.15, 0.2) is 0 Å². The summed E-state index contributed by atoms with van der Waals surface area (Å²) < 4.78 is 5.36. The number of carbonyl (C=O) groups is 1. The van der Waals surface area contributed by atoms with Crippen molar-refractivity contribution in [3.05, 3.63) is 53.1 Å². The van der Waals surface area contributed by atoms with E-state index >= 15 is 0 Å². The Morgan fingerprint density at radius 1 is 1.27 bits per heavy atom. The van der Waals surface area contributed by atoms with Gasteiger partial charge in [-0.15, -0.1) is 0 Å². The van der Waals surface area contributed by atoms with Crippen molar-refractivity contribution in [2.75, 3.05) is 25.6 Å². The molecule has 0 saturated carbocycles. The van der Waals surface area contributed by atoms with Gasteiger partial charge in [-0.1, -0.05) is 12.1 Å². The molecule has 0 fully saturated rings. The smallest absolute Gasteiger partial charge is 0.337 e. The summed E-state index contributed by atoms with van der Waals surface area (Å²) in [6.07, 6.45) is 0.626. The first kappa shape index (κ1) is 17.6. The van der Waals surface area contributed by atoms with E-state index in [1.54, 1.807) is 14.2 Å². The summed E-state index contributed by atoms with van der Waals surface area (Å²) in [5.41, 5.74) is 16.6. The van der Waals surface area contributed by atoms with Crippen LogP contribution in [0.1, 0.15) is 23.6 Å². The quantitative estimate of drug-likeness (QED) is 0.720. The van der Waals surface area contributed by atoms with E-state index in [2.05, 4.69) is 10.4 Å². The fourth-order valence-corrected chi connectivity index (χ4v) is 3.08. The Labute approximate surface area is 152 Å². The van der Waals surface area contributed by atoms with Crippen molar-refractivity contribution in [3.8, 4) is 5.75 Å². The zero-order chi connectivity index (χ0) is 18.8. The van der Waals surface area contributed by atoms with Gasteiger partial charge in [0, 0.05) is 23.9 Å². The zero-order valence-corrected chi connectivity index (χ0v) is 15.1. The Balaban J connectivity index is 2.22. The molecule has 7 heteroatoms. The molecule has 1 atom stereocenters. The van der Waals surface area contributed by atoms with E-state index in [1.807, 2.05) is 43.3 Å². The van der Waals surface area contributed by atoms with Crippen molar-refractivity contribution in [2.45, 2.75) is 19.4 Å². The van der Waals surface area contributed by atoms with Crippen LogP contribution in [-0.4, -0.2) is 37.0 Å². The maximum absolute atomic E-state index is 12.3. The maximum Gasteiger partial charge on any atom is 0.337 e. The second-order valence-corrected chi connectivity index (χ2v) is 6.27. The Hall–Kier alpha value is -3.22. The Morgan fingerprint density at radius 2 is 1.96 bits per heavy atom. The number of anilines is 2. The number of rotatable bonds is 2. The number of nitrogens with one attached hydrogen (secondary N) is 1. The van der Waals surface area contributed by atoms with Gasteiger partial charge in [0.05, 0.1) is 24.6 Å². The molecule has 1 heterocycles. The molecular weight excluding hydrogens is 330 g/mol. The van der Waals surface area contributed by atoms with E-state index in [9.17, 15) is 4.79 Å². The number of methoxy groups -OCH3 is 1. The first-order valence-electron chi connectivity index (χ1n) is 8.36. The lowest BCUT2D eigenvalue weighted by atomic mass is 9.93. The molecule has 1 aliphatic heterocycles. The minimum atomic E-state index is -0.266. The molecule has 2 amide bonds. The summed E-state index contributed by atoms with van der Waals surface area (Å²) in [6, 6.07) is 10.8. The van der Waals surface area contributed by atoms with Crippen molar-refractivity contribution < 1.29 is 9.53 Å². The minimum Gasteiger partial charge on any atom is -0.495 e. The molecular formula is C19H23N5O2. The summed E-state index contributed by atoms with van der Waals surface area (Å²) in [7, 11) is 3.18. The average molecular weight is 353 g/mol. The number of ether oxygens (including phenoxy) is 1. The Bertz CT molecular complexity index is 861. The van der Waals surface area contributed by atoms with Crippen LogP contribution in [0.4, 0.5) is 16.2 Å². The first-order chi connectivity index (χ1) is 12.4. The van der Waals surface area contributed by atoms with Gasteiger partial charge >= 0.3 is 6.03 Å². The van der Waals surface area contributed by atoms with Crippen LogP contribution in [0.3, 0.4) is 0 Å². The number of benzene rings is 2. The molecule has 1 aliphatic rings. The Kier molecular flexibility index (Phi) is 4.71. The SMILES string of the molecule is CNC(=O)N1N=C(c2ccc(N)cc2)c2cc(N)c(OC)cc2CC1C. The Morgan fingerprint density at radius 3 is 2.58 bits per heavy atom. The second kappa shape index (κ2) is 6.95. The largest absolute Gasteiger partial charge is 0.495 e. The van der Waals surface area contributed by atoms with Crippen molar-refractivity contribution in [2.24, 2.45) is 5.10 Å². The van der Waals surface area contributed by atoms with Crippen LogP contribution in [0.25, 0.3) is 0 Å². The summed E-state index contributed by atoms with van der Waals surface area (Å²) in [5.74, 6) is 0.612. The van der Waals surface area contributed by atoms with Crippen molar-refractivity contribution in [1.82, 2.24) is 10.3 Å². The third kappa shape index (κ3) is 3.15. The van der Waals surface area contributed by atoms with Crippen LogP contribution in [0.5, 0.6) is 5.75 Å². The fraction of sp³-hybridized carbons (Fsp3) is 0.263. The summed E-state index contributed by atoms with van der Waals surface area (Å²) in [5, 5.41) is 8.78. The highest BCUT2D eigenvalue weighted by molar-refractivity contribution is 6.14. The molecule has 0 spiro atoms. The minimum absolute atomic E-state index is 0.131. The molecule has 0 radical (unpaired) electrons. The van der Waals surface area contributed by atoms with Gasteiger partial charge in [-0.2, -0.15) is 5.10 Å². The number of nitrogen functional groups attached to an aromatic ring is 2. The van der Waals surface area contributed by atoms with Crippen molar-refractivity contribution in [1.29, 1.82) is 0 Å². The third-order valence-corrected chi connectivity index (χ3v) is 4.46. The van der Waals surface area contributed by atoms with Gasteiger partial charge in [-0.05, 0) is 43.2 Å². The molecule has 3 rings (SSSR count). The van der Waals surface area contributed by atoms with Gasteiger partial charge in [0.1, 0.15) is 5.75 Å². The molecule has 2 aromatic rings. The van der Waals surface area contributed by atoms with Crippen molar-refractivity contribution >= 4 is 23.1 Å². The van der Waals surface area contributed by atoms with Gasteiger partial charge < -0.3 is 21.5 Å². The molecule has 0 bridgehead atoms. The van der Waals surface area contributed by atoms with E-state index in [0.717, 1.165) is 16.7 Å². The van der Waals surface area contributed by atoms with Crippen molar-refractivity contribution in [3.63, 3.8) is 0 Å². The fourth-order valence-electron chi connectivity index (χ4n) is 3.08. The topological polar surface area (TPSA) is 106 Å². The highest BCUT2D eigenvalue weighted by atomic mass is 16.5. The molecule has 26 heavy (non-hydrogen) atoms. The lowest BCUT2D eigenvalue weighted by molar-refractivity contribution is 0.184. The lowest BCUT2D eigenvalue weighted by Crippen LogP contribution is -2.41. The predicted molar refractivity (Wildman–Crippen MR) is 103 cm³/mol. The van der Waals surface area contributed by atoms with E-state index in [1.165, 1.54) is 5.01 Å². The predicted octanol–water partition coefficient (Wildman–Crippen LogP) is 2.20. The monoisotopic (exact) mass is 353 g/mol. The molecule has 2 aromatic carbocycles. The molecule has 0 aliphatic carbocycles. The van der Waals surface area contributed by atoms with E-state index < -0.39 is 0 Å². The van der Waals surface area contributed by atoms with Gasteiger partial charge in [-0.25, -0.2) is 9.80 Å². The van der Waals surface area contributed by atoms with Crippen LogP contribution in [0.2, 0.25) is 0 Å². The summed E-state index contributed by atoms with van der Waals surface area (Å²) in [4.78, 5) is 12.3. The molecule has 0 saturated heterocycles. The van der Waals surface area contributed by atoms with Gasteiger partial charge in [0.25, 0.3) is 0 Å². The van der Waals surface area contributed by atoms with Crippen LogP contribution in [0, 0.1) is 0 Å². The van der Waals surface area contributed by atoms with E-state index in [4.69, 9.17) is 16.2 Å².